The van der Waals surface area contributed by atoms with Crippen molar-refractivity contribution in [1.29, 1.82) is 0 Å². The lowest BCUT2D eigenvalue weighted by Gasteiger charge is -2.17. The van der Waals surface area contributed by atoms with E-state index < -0.39 is 6.04 Å². The van der Waals surface area contributed by atoms with Crippen LogP contribution >= 0.6 is 0 Å². The summed E-state index contributed by atoms with van der Waals surface area (Å²) in [6.45, 7) is 5.61. The average molecular weight is 300 g/mol. The highest BCUT2D eigenvalue weighted by atomic mass is 16.2. The molecule has 0 fully saturated rings. The Hall–Kier alpha value is -1.30. The lowest BCUT2D eigenvalue weighted by atomic mass is 10.2. The molecule has 5 N–H and O–H groups in total. The zero-order valence-corrected chi connectivity index (χ0v) is 13.5. The van der Waals surface area contributed by atoms with Crippen molar-refractivity contribution in [2.45, 2.75) is 64.8 Å². The number of rotatable bonds is 12. The topological polar surface area (TPSA) is 96.2 Å². The number of urea groups is 1. The molecule has 0 saturated heterocycles. The van der Waals surface area contributed by atoms with E-state index in [9.17, 15) is 9.59 Å². The molecule has 124 valence electrons. The molecule has 0 aliphatic carbocycles. The van der Waals surface area contributed by atoms with Gasteiger partial charge in [0.15, 0.2) is 0 Å². The maximum Gasteiger partial charge on any atom is 0.315 e. The van der Waals surface area contributed by atoms with Crippen LogP contribution < -0.4 is 21.7 Å². The quantitative estimate of drug-likeness (QED) is 0.411. The fraction of sp³-hybridized carbons (Fsp3) is 0.867. The van der Waals surface area contributed by atoms with Crippen molar-refractivity contribution < 1.29 is 9.59 Å². The minimum absolute atomic E-state index is 0.100. The van der Waals surface area contributed by atoms with Crippen LogP contribution in [0.2, 0.25) is 0 Å². The predicted molar refractivity (Wildman–Crippen MR) is 86.1 cm³/mol. The zero-order chi connectivity index (χ0) is 15.9. The molecule has 0 heterocycles. The average Bonchev–Trinajstić information content (AvgIpc) is 2.48. The van der Waals surface area contributed by atoms with Crippen molar-refractivity contribution in [2.24, 2.45) is 5.73 Å². The van der Waals surface area contributed by atoms with Crippen molar-refractivity contribution in [1.82, 2.24) is 16.0 Å². The van der Waals surface area contributed by atoms with Gasteiger partial charge in [0.1, 0.15) is 6.04 Å². The molecule has 21 heavy (non-hydrogen) atoms. The van der Waals surface area contributed by atoms with Crippen molar-refractivity contribution in [3.8, 4) is 0 Å². The molecule has 0 saturated carbocycles. The van der Waals surface area contributed by atoms with Gasteiger partial charge < -0.3 is 21.7 Å². The first-order chi connectivity index (χ1) is 10.2. The summed E-state index contributed by atoms with van der Waals surface area (Å²) >= 11 is 0. The van der Waals surface area contributed by atoms with Crippen LogP contribution in [0.3, 0.4) is 0 Å². The van der Waals surface area contributed by atoms with Crippen LogP contribution in [-0.4, -0.2) is 37.6 Å². The molecule has 6 nitrogen and oxygen atoms in total. The van der Waals surface area contributed by atoms with Gasteiger partial charge in [-0.05, 0) is 12.8 Å². The van der Waals surface area contributed by atoms with Gasteiger partial charge in [0.2, 0.25) is 5.91 Å². The molecule has 0 aliphatic rings. The largest absolute Gasteiger partial charge is 0.354 e. The van der Waals surface area contributed by atoms with Crippen LogP contribution in [0.4, 0.5) is 4.79 Å². The Morgan fingerprint density at radius 1 is 0.905 bits per heavy atom. The van der Waals surface area contributed by atoms with Gasteiger partial charge in [0, 0.05) is 19.6 Å². The van der Waals surface area contributed by atoms with Crippen LogP contribution in [0.25, 0.3) is 0 Å². The van der Waals surface area contributed by atoms with Crippen LogP contribution in [0.1, 0.15) is 58.8 Å². The van der Waals surface area contributed by atoms with E-state index in [1.54, 1.807) is 0 Å². The molecule has 0 spiro atoms. The van der Waals surface area contributed by atoms with Gasteiger partial charge >= 0.3 is 6.03 Å². The monoisotopic (exact) mass is 300 g/mol. The smallest absolute Gasteiger partial charge is 0.315 e. The Morgan fingerprint density at radius 3 is 2.10 bits per heavy atom. The fourth-order valence-corrected chi connectivity index (χ4v) is 1.90. The Morgan fingerprint density at radius 2 is 1.48 bits per heavy atom. The summed E-state index contributed by atoms with van der Waals surface area (Å²) in [6, 6.07) is -0.995. The molecule has 0 aromatic rings. The van der Waals surface area contributed by atoms with Gasteiger partial charge in [0.25, 0.3) is 0 Å². The van der Waals surface area contributed by atoms with E-state index in [1.807, 2.05) is 0 Å². The first kappa shape index (κ1) is 19.7. The molecule has 1 atom stereocenters. The summed E-state index contributed by atoms with van der Waals surface area (Å²) in [6.07, 6.45) is 7.54. The highest BCUT2D eigenvalue weighted by Gasteiger charge is 2.18. The molecule has 0 bridgehead atoms. The number of hydrogen-bond donors (Lipinski definition) is 4. The molecule has 6 heteroatoms. The molecule has 0 aromatic heterocycles. The molecule has 0 aromatic carbocycles. The first-order valence-electron chi connectivity index (χ1n) is 8.17. The van der Waals surface area contributed by atoms with E-state index in [0.29, 0.717) is 13.1 Å². The number of nitrogens with one attached hydrogen (secondary N) is 3. The van der Waals surface area contributed by atoms with E-state index >= 15 is 0 Å². The summed E-state index contributed by atoms with van der Waals surface area (Å²) in [4.78, 5) is 23.5. The summed E-state index contributed by atoms with van der Waals surface area (Å²) in [5.41, 5.74) is 5.55. The Bertz CT molecular complexity index is 285. The highest BCUT2D eigenvalue weighted by molar-refractivity contribution is 5.87. The normalized spacial score (nSPS) is 11.8. The molecular weight excluding hydrogens is 268 g/mol. The van der Waals surface area contributed by atoms with Gasteiger partial charge in [-0.1, -0.05) is 46.0 Å². The number of hydrogen-bond acceptors (Lipinski definition) is 3. The lowest BCUT2D eigenvalue weighted by Crippen LogP contribution is -2.53. The Kier molecular flexibility index (Phi) is 12.8. The van der Waals surface area contributed by atoms with Crippen molar-refractivity contribution in [3.05, 3.63) is 0 Å². The Labute approximate surface area is 128 Å². The minimum atomic E-state index is -0.664. The molecule has 0 rings (SSSR count). The van der Waals surface area contributed by atoms with Gasteiger partial charge in [0.05, 0.1) is 0 Å². The third-order valence-electron chi connectivity index (χ3n) is 3.25. The van der Waals surface area contributed by atoms with Gasteiger partial charge in [-0.3, -0.25) is 4.79 Å². The summed E-state index contributed by atoms with van der Waals surface area (Å²) in [5, 5.41) is 8.16. The van der Waals surface area contributed by atoms with Crippen molar-refractivity contribution in [3.63, 3.8) is 0 Å². The predicted octanol–water partition coefficient (Wildman–Crippen LogP) is 1.50. The molecule has 0 radical (unpaired) electrons. The molecule has 3 amide bonds. The van der Waals surface area contributed by atoms with E-state index in [2.05, 4.69) is 29.8 Å². The summed E-state index contributed by atoms with van der Waals surface area (Å²) in [7, 11) is 0. The molecule has 1 unspecified atom stereocenters. The second-order valence-electron chi connectivity index (χ2n) is 5.25. The zero-order valence-electron chi connectivity index (χ0n) is 13.5. The lowest BCUT2D eigenvalue weighted by molar-refractivity contribution is -0.122. The van der Waals surface area contributed by atoms with Gasteiger partial charge in [-0.15, -0.1) is 0 Å². The third kappa shape index (κ3) is 11.1. The van der Waals surface area contributed by atoms with Crippen molar-refractivity contribution in [2.75, 3.05) is 19.6 Å². The Balaban J connectivity index is 3.85. The van der Waals surface area contributed by atoms with E-state index in [1.165, 1.54) is 12.8 Å². The first-order valence-corrected chi connectivity index (χ1v) is 8.17. The number of amides is 3. The van der Waals surface area contributed by atoms with Crippen LogP contribution in [0.5, 0.6) is 0 Å². The summed E-state index contributed by atoms with van der Waals surface area (Å²) in [5.74, 6) is -0.210. The second kappa shape index (κ2) is 13.7. The highest BCUT2D eigenvalue weighted by Crippen LogP contribution is 1.97. The minimum Gasteiger partial charge on any atom is -0.354 e. The van der Waals surface area contributed by atoms with Crippen molar-refractivity contribution >= 4 is 11.9 Å². The van der Waals surface area contributed by atoms with Crippen LogP contribution in [0.15, 0.2) is 0 Å². The number of carbonyl (C=O) groups excluding carboxylic acids is 2. The van der Waals surface area contributed by atoms with Gasteiger partial charge in [-0.2, -0.15) is 0 Å². The van der Waals surface area contributed by atoms with Crippen LogP contribution in [-0.2, 0) is 4.79 Å². The molecule has 0 aliphatic heterocycles. The van der Waals surface area contributed by atoms with Gasteiger partial charge in [-0.25, -0.2) is 4.79 Å². The SMILES string of the molecule is CCCCCCNC(=O)C(CN)NC(=O)NCCCCC. The summed E-state index contributed by atoms with van der Waals surface area (Å²) < 4.78 is 0. The maximum absolute atomic E-state index is 11.9. The number of carbonyl (C=O) groups is 2. The third-order valence-corrected chi connectivity index (χ3v) is 3.25. The van der Waals surface area contributed by atoms with E-state index in [4.69, 9.17) is 5.73 Å². The number of nitrogens with two attached hydrogens (primary N) is 1. The maximum atomic E-state index is 11.9. The molecular formula is C15H32N4O2. The fourth-order valence-electron chi connectivity index (χ4n) is 1.90. The standard InChI is InChI=1S/C15H32N4O2/c1-3-5-7-9-10-17-14(20)13(12-16)19-15(21)18-11-8-6-4-2/h13H,3-12,16H2,1-2H3,(H,17,20)(H2,18,19,21). The number of unbranched alkanes of at least 4 members (excludes halogenated alkanes) is 5. The van der Waals surface area contributed by atoms with E-state index in [-0.39, 0.29) is 18.5 Å². The van der Waals surface area contributed by atoms with Crippen LogP contribution in [0, 0.1) is 0 Å². The second-order valence-corrected chi connectivity index (χ2v) is 5.25. The van der Waals surface area contributed by atoms with E-state index in [0.717, 1.165) is 32.1 Å².